The molecule has 1 amide bonds. The molecule has 1 aromatic carbocycles. The molecule has 0 radical (unpaired) electrons. The number of H-pyrrole nitrogens is 1. The van der Waals surface area contributed by atoms with Crippen molar-refractivity contribution in [1.82, 2.24) is 24.8 Å². The van der Waals surface area contributed by atoms with Crippen molar-refractivity contribution in [2.24, 2.45) is 0 Å². The Morgan fingerprint density at radius 2 is 1.87 bits per heavy atom. The predicted octanol–water partition coefficient (Wildman–Crippen LogP) is 2.42. The number of anilines is 1. The number of nitrogens with zero attached hydrogens (tertiary/aromatic N) is 4. The van der Waals surface area contributed by atoms with E-state index in [1.807, 2.05) is 24.3 Å². The van der Waals surface area contributed by atoms with E-state index in [9.17, 15) is 9.59 Å². The number of aromatic amines is 1. The van der Waals surface area contributed by atoms with Crippen molar-refractivity contribution in [2.75, 3.05) is 18.0 Å². The van der Waals surface area contributed by atoms with Crippen LogP contribution >= 0.6 is 0 Å². The molecule has 0 aliphatic carbocycles. The van der Waals surface area contributed by atoms with Crippen LogP contribution in [0.3, 0.4) is 0 Å². The third kappa shape index (κ3) is 2.93. The Morgan fingerprint density at radius 1 is 1.03 bits per heavy atom. The lowest BCUT2D eigenvalue weighted by atomic mass is 10.1. The molecule has 3 aromatic heterocycles. The third-order valence-corrected chi connectivity index (χ3v) is 5.45. The number of rotatable bonds is 3. The van der Waals surface area contributed by atoms with Gasteiger partial charge in [0.05, 0.1) is 17.1 Å². The molecule has 0 fully saturated rings. The summed E-state index contributed by atoms with van der Waals surface area (Å²) in [6.45, 7) is 3.21. The minimum absolute atomic E-state index is 0.00163. The molecule has 0 bridgehead atoms. The van der Waals surface area contributed by atoms with E-state index >= 15 is 0 Å². The minimum atomic E-state index is -0.322. The van der Waals surface area contributed by atoms with Gasteiger partial charge in [-0.15, -0.1) is 0 Å². The number of carbonyl (C=O) groups is 1. The summed E-state index contributed by atoms with van der Waals surface area (Å²) >= 11 is 0. The molecule has 0 spiro atoms. The highest BCUT2D eigenvalue weighted by Crippen LogP contribution is 2.30. The van der Waals surface area contributed by atoms with Crippen LogP contribution in [0.25, 0.3) is 17.0 Å². The van der Waals surface area contributed by atoms with Gasteiger partial charge in [0.15, 0.2) is 5.65 Å². The molecule has 0 saturated heterocycles. The van der Waals surface area contributed by atoms with E-state index in [-0.39, 0.29) is 17.6 Å². The summed E-state index contributed by atoms with van der Waals surface area (Å²) < 4.78 is 1.48. The van der Waals surface area contributed by atoms with Crippen molar-refractivity contribution in [1.29, 1.82) is 0 Å². The number of pyridine rings is 2. The van der Waals surface area contributed by atoms with Gasteiger partial charge in [-0.25, -0.2) is 19.3 Å². The highest BCUT2D eigenvalue weighted by Gasteiger charge is 2.27. The number of amides is 1. The summed E-state index contributed by atoms with van der Waals surface area (Å²) in [5.74, 6) is 0.835. The maximum Gasteiger partial charge on any atom is 0.333 e. The number of benzene rings is 1. The predicted molar refractivity (Wildman–Crippen MR) is 114 cm³/mol. The van der Waals surface area contributed by atoms with Crippen LogP contribution < -0.4 is 15.9 Å². The summed E-state index contributed by atoms with van der Waals surface area (Å²) in [6.07, 6.45) is 1.63. The van der Waals surface area contributed by atoms with Gasteiger partial charge in [0.1, 0.15) is 11.6 Å². The zero-order chi connectivity index (χ0) is 20.7. The number of imidazole rings is 1. The van der Waals surface area contributed by atoms with Gasteiger partial charge in [0, 0.05) is 19.3 Å². The second kappa shape index (κ2) is 7.14. The fraction of sp³-hybridized carbons (Fsp3) is 0.182. The zero-order valence-electron chi connectivity index (χ0n) is 16.4. The van der Waals surface area contributed by atoms with Crippen LogP contribution in [0.5, 0.6) is 0 Å². The molecular weight excluding hydrogens is 380 g/mol. The fourth-order valence-corrected chi connectivity index (χ4v) is 3.91. The molecule has 8 nitrogen and oxygen atoms in total. The highest BCUT2D eigenvalue weighted by atomic mass is 16.2. The van der Waals surface area contributed by atoms with Crippen molar-refractivity contribution in [2.45, 2.75) is 13.0 Å². The van der Waals surface area contributed by atoms with Gasteiger partial charge in [0.2, 0.25) is 0 Å². The highest BCUT2D eigenvalue weighted by molar-refractivity contribution is 5.99. The number of nitrogens with one attached hydrogen (secondary N) is 2. The van der Waals surface area contributed by atoms with E-state index in [4.69, 9.17) is 4.98 Å². The largest absolute Gasteiger partial charge is 0.350 e. The lowest BCUT2D eigenvalue weighted by molar-refractivity contribution is 0.0957. The Hall–Kier alpha value is -3.94. The Bertz CT molecular complexity index is 1290. The average molecular weight is 400 g/mol. The molecule has 150 valence electrons. The Labute approximate surface area is 172 Å². The first-order valence-electron chi connectivity index (χ1n) is 9.80. The zero-order valence-corrected chi connectivity index (χ0v) is 16.4. The monoisotopic (exact) mass is 400 g/mol. The molecule has 1 aliphatic heterocycles. The van der Waals surface area contributed by atoms with Crippen LogP contribution in [0.1, 0.15) is 28.9 Å². The van der Waals surface area contributed by atoms with Gasteiger partial charge < -0.3 is 10.2 Å². The maximum absolute atomic E-state index is 12.6. The molecule has 30 heavy (non-hydrogen) atoms. The first-order valence-corrected chi connectivity index (χ1v) is 9.80. The van der Waals surface area contributed by atoms with Crippen LogP contribution in [-0.2, 0) is 0 Å². The van der Waals surface area contributed by atoms with Crippen LogP contribution in [0.4, 0.5) is 5.82 Å². The maximum atomic E-state index is 12.6. The molecule has 0 unspecified atom stereocenters. The van der Waals surface area contributed by atoms with E-state index in [0.717, 1.165) is 5.56 Å². The van der Waals surface area contributed by atoms with E-state index < -0.39 is 0 Å². The molecule has 4 aromatic rings. The smallest absolute Gasteiger partial charge is 0.333 e. The van der Waals surface area contributed by atoms with E-state index in [1.54, 1.807) is 24.4 Å². The first kappa shape index (κ1) is 18.1. The van der Waals surface area contributed by atoms with E-state index in [1.165, 1.54) is 4.57 Å². The number of aromatic nitrogens is 4. The third-order valence-electron chi connectivity index (χ3n) is 5.45. The van der Waals surface area contributed by atoms with Crippen molar-refractivity contribution in [3.05, 3.63) is 82.4 Å². The Balaban J connectivity index is 1.68. The fourth-order valence-electron chi connectivity index (χ4n) is 3.91. The molecule has 5 rings (SSSR count). The second-order valence-electron chi connectivity index (χ2n) is 7.21. The second-order valence-corrected chi connectivity index (χ2v) is 7.21. The Kier molecular flexibility index (Phi) is 4.31. The molecule has 8 heteroatoms. The number of fused-ring (bicyclic) bond motifs is 2. The van der Waals surface area contributed by atoms with Crippen molar-refractivity contribution < 1.29 is 4.79 Å². The van der Waals surface area contributed by atoms with Crippen LogP contribution in [0.15, 0.2) is 65.6 Å². The van der Waals surface area contributed by atoms with Crippen molar-refractivity contribution in [3.63, 3.8) is 0 Å². The van der Waals surface area contributed by atoms with Gasteiger partial charge in [-0.05, 0) is 36.8 Å². The van der Waals surface area contributed by atoms with Gasteiger partial charge in [0.25, 0.3) is 5.91 Å². The Morgan fingerprint density at radius 3 is 2.70 bits per heavy atom. The van der Waals surface area contributed by atoms with Gasteiger partial charge >= 0.3 is 5.69 Å². The summed E-state index contributed by atoms with van der Waals surface area (Å²) in [7, 11) is 0. The molecule has 1 aliphatic rings. The SMILES string of the molecule is C[C@@H](c1ccccc1)N1CCNC(=O)c2ccc(-n3c(=O)[nH]c4ncccc43)nc21. The average Bonchev–Trinajstić information content (AvgIpc) is 3.02. The van der Waals surface area contributed by atoms with Gasteiger partial charge in [-0.1, -0.05) is 30.3 Å². The summed E-state index contributed by atoms with van der Waals surface area (Å²) in [6, 6.07) is 17.1. The van der Waals surface area contributed by atoms with Crippen LogP contribution in [-0.4, -0.2) is 38.5 Å². The van der Waals surface area contributed by atoms with Crippen molar-refractivity contribution >= 4 is 22.9 Å². The normalized spacial score (nSPS) is 14.8. The van der Waals surface area contributed by atoms with Gasteiger partial charge in [-0.3, -0.25) is 9.78 Å². The van der Waals surface area contributed by atoms with E-state index in [0.29, 0.717) is 41.5 Å². The van der Waals surface area contributed by atoms with Crippen LogP contribution in [0.2, 0.25) is 0 Å². The number of hydrogen-bond acceptors (Lipinski definition) is 5. The standard InChI is InChI=1S/C22H20N6O2/c1-14(15-6-3-2-4-7-15)27-13-12-24-21(29)16-9-10-18(25-20(16)27)28-17-8-5-11-23-19(17)26-22(28)30/h2-11,14H,12-13H2,1H3,(H,24,29)(H,23,26,30)/t14-/m0/s1. The number of carbonyl (C=O) groups excluding carboxylic acids is 1. The quantitative estimate of drug-likeness (QED) is 0.551. The molecule has 1 atom stereocenters. The first-order chi connectivity index (χ1) is 14.6. The lowest BCUT2D eigenvalue weighted by Crippen LogP contribution is -2.32. The summed E-state index contributed by atoms with van der Waals surface area (Å²) in [4.78, 5) is 39.1. The molecule has 2 N–H and O–H groups in total. The molecule has 0 saturated carbocycles. The molecular formula is C22H20N6O2. The minimum Gasteiger partial charge on any atom is -0.350 e. The van der Waals surface area contributed by atoms with Crippen LogP contribution in [0, 0.1) is 0 Å². The lowest BCUT2D eigenvalue weighted by Gasteiger charge is -2.30. The molecule has 4 heterocycles. The topological polar surface area (TPSA) is 95.9 Å². The summed E-state index contributed by atoms with van der Waals surface area (Å²) in [5.41, 5.74) is 2.42. The van der Waals surface area contributed by atoms with Gasteiger partial charge in [-0.2, -0.15) is 0 Å². The van der Waals surface area contributed by atoms with E-state index in [2.05, 4.69) is 39.2 Å². The summed E-state index contributed by atoms with van der Waals surface area (Å²) in [5, 5.41) is 2.93. The van der Waals surface area contributed by atoms with Crippen molar-refractivity contribution in [3.8, 4) is 5.82 Å². The number of hydrogen-bond donors (Lipinski definition) is 2.